The first-order valence-electron chi connectivity index (χ1n) is 6.37. The molecule has 1 unspecified atom stereocenters. The Morgan fingerprint density at radius 3 is 2.79 bits per heavy atom. The summed E-state index contributed by atoms with van der Waals surface area (Å²) < 4.78 is 6.39. The Bertz CT molecular complexity index is 526. The van der Waals surface area contributed by atoms with Crippen LogP contribution in [0, 0.1) is 0 Å². The molecule has 1 aromatic carbocycles. The van der Waals surface area contributed by atoms with Gasteiger partial charge in [0.15, 0.2) is 0 Å². The highest BCUT2D eigenvalue weighted by molar-refractivity contribution is 7.16. The minimum Gasteiger partial charge on any atom is -0.494 e. The molecule has 0 aliphatic carbocycles. The molecule has 1 heterocycles. The third kappa shape index (κ3) is 3.96. The molecule has 1 atom stereocenters. The SMILES string of the molecule is CCOc1cccc(C(Cc2ccc(Cl)s2)NC)c1. The molecule has 0 amide bonds. The zero-order chi connectivity index (χ0) is 13.7. The van der Waals surface area contributed by atoms with Gasteiger partial charge in [-0.25, -0.2) is 0 Å². The number of halogens is 1. The molecule has 0 aliphatic heterocycles. The number of thiophene rings is 1. The summed E-state index contributed by atoms with van der Waals surface area (Å²) in [6, 6.07) is 12.6. The number of hydrogen-bond donors (Lipinski definition) is 1. The summed E-state index contributed by atoms with van der Waals surface area (Å²) in [5.74, 6) is 0.921. The number of hydrogen-bond acceptors (Lipinski definition) is 3. The summed E-state index contributed by atoms with van der Waals surface area (Å²) in [5.41, 5.74) is 1.23. The van der Waals surface area contributed by atoms with E-state index in [2.05, 4.69) is 23.5 Å². The van der Waals surface area contributed by atoms with Crippen molar-refractivity contribution >= 4 is 22.9 Å². The van der Waals surface area contributed by atoms with E-state index < -0.39 is 0 Å². The number of ether oxygens (including phenoxy) is 1. The highest BCUT2D eigenvalue weighted by Crippen LogP contribution is 2.27. The molecule has 1 N–H and O–H groups in total. The Labute approximate surface area is 123 Å². The standard InChI is InChI=1S/C15H18ClNOS/c1-3-18-12-6-4-5-11(9-12)14(17-2)10-13-7-8-15(16)19-13/h4-9,14,17H,3,10H2,1-2H3. The van der Waals surface area contributed by atoms with Gasteiger partial charge in [0.1, 0.15) is 5.75 Å². The summed E-state index contributed by atoms with van der Waals surface area (Å²) >= 11 is 7.61. The summed E-state index contributed by atoms with van der Waals surface area (Å²) in [6.07, 6.45) is 0.934. The number of nitrogens with one attached hydrogen (secondary N) is 1. The second-order valence-electron chi connectivity index (χ2n) is 4.26. The van der Waals surface area contributed by atoms with Crippen LogP contribution in [0.15, 0.2) is 36.4 Å². The highest BCUT2D eigenvalue weighted by atomic mass is 35.5. The maximum atomic E-state index is 5.98. The summed E-state index contributed by atoms with van der Waals surface area (Å²) in [7, 11) is 1.98. The van der Waals surface area contributed by atoms with Crippen molar-refractivity contribution in [1.29, 1.82) is 0 Å². The maximum absolute atomic E-state index is 5.98. The van der Waals surface area contributed by atoms with Crippen molar-refractivity contribution in [1.82, 2.24) is 5.32 Å². The van der Waals surface area contributed by atoms with Gasteiger partial charge < -0.3 is 10.1 Å². The molecule has 0 spiro atoms. The predicted octanol–water partition coefficient (Wildman–Crippen LogP) is 4.30. The minimum atomic E-state index is 0.273. The quantitative estimate of drug-likeness (QED) is 0.858. The van der Waals surface area contributed by atoms with Gasteiger partial charge in [-0.2, -0.15) is 0 Å². The van der Waals surface area contributed by atoms with Crippen molar-refractivity contribution < 1.29 is 4.74 Å². The van der Waals surface area contributed by atoms with E-state index >= 15 is 0 Å². The third-order valence-corrected chi connectivity index (χ3v) is 4.21. The number of likely N-dealkylation sites (N-methyl/N-ethyl adjacent to an activating group) is 1. The molecule has 2 nitrogen and oxygen atoms in total. The Morgan fingerprint density at radius 2 is 2.16 bits per heavy atom. The van der Waals surface area contributed by atoms with Crippen LogP contribution in [0.4, 0.5) is 0 Å². The molecule has 4 heteroatoms. The Morgan fingerprint density at radius 1 is 1.32 bits per heavy atom. The number of benzene rings is 1. The molecule has 102 valence electrons. The van der Waals surface area contributed by atoms with Crippen LogP contribution in [0.1, 0.15) is 23.4 Å². The zero-order valence-corrected chi connectivity index (χ0v) is 12.7. The third-order valence-electron chi connectivity index (χ3n) is 2.95. The van der Waals surface area contributed by atoms with Gasteiger partial charge in [0, 0.05) is 17.3 Å². The van der Waals surface area contributed by atoms with Crippen molar-refractivity contribution in [2.45, 2.75) is 19.4 Å². The van der Waals surface area contributed by atoms with Crippen LogP contribution < -0.4 is 10.1 Å². The van der Waals surface area contributed by atoms with Crippen molar-refractivity contribution in [3.05, 3.63) is 51.2 Å². The lowest BCUT2D eigenvalue weighted by Gasteiger charge is -2.16. The van der Waals surface area contributed by atoms with Crippen LogP contribution in [0.3, 0.4) is 0 Å². The van der Waals surface area contributed by atoms with Crippen molar-refractivity contribution in [2.75, 3.05) is 13.7 Å². The van der Waals surface area contributed by atoms with E-state index in [0.717, 1.165) is 16.5 Å². The first kappa shape index (κ1) is 14.4. The van der Waals surface area contributed by atoms with E-state index in [1.54, 1.807) is 11.3 Å². The lowest BCUT2D eigenvalue weighted by molar-refractivity contribution is 0.339. The van der Waals surface area contributed by atoms with E-state index in [9.17, 15) is 0 Å². The molecular weight excluding hydrogens is 278 g/mol. The second-order valence-corrected chi connectivity index (χ2v) is 6.06. The van der Waals surface area contributed by atoms with Gasteiger partial charge in [0.2, 0.25) is 0 Å². The predicted molar refractivity (Wildman–Crippen MR) is 82.4 cm³/mol. The van der Waals surface area contributed by atoms with Gasteiger partial charge in [-0.15, -0.1) is 11.3 Å². The van der Waals surface area contributed by atoms with E-state index in [-0.39, 0.29) is 6.04 Å². The Kier molecular flexibility index (Phi) is 5.25. The maximum Gasteiger partial charge on any atom is 0.119 e. The fraction of sp³-hybridized carbons (Fsp3) is 0.333. The summed E-state index contributed by atoms with van der Waals surface area (Å²) in [6.45, 7) is 2.68. The second kappa shape index (κ2) is 6.94. The van der Waals surface area contributed by atoms with Gasteiger partial charge in [0.05, 0.1) is 10.9 Å². The Balaban J connectivity index is 2.14. The highest BCUT2D eigenvalue weighted by Gasteiger charge is 2.12. The van der Waals surface area contributed by atoms with Gasteiger partial charge >= 0.3 is 0 Å². The molecule has 0 aliphatic rings. The molecule has 0 bridgehead atoms. The van der Waals surface area contributed by atoms with Crippen LogP contribution >= 0.6 is 22.9 Å². The topological polar surface area (TPSA) is 21.3 Å². The lowest BCUT2D eigenvalue weighted by atomic mass is 10.0. The Hall–Kier alpha value is -1.03. The molecular formula is C15H18ClNOS. The van der Waals surface area contributed by atoms with E-state index in [1.807, 2.05) is 32.2 Å². The molecule has 0 saturated carbocycles. The molecule has 19 heavy (non-hydrogen) atoms. The first-order chi connectivity index (χ1) is 9.22. The smallest absolute Gasteiger partial charge is 0.119 e. The van der Waals surface area contributed by atoms with Crippen molar-refractivity contribution in [3.8, 4) is 5.75 Å². The monoisotopic (exact) mass is 295 g/mol. The molecule has 2 aromatic rings. The van der Waals surface area contributed by atoms with Gasteiger partial charge in [-0.3, -0.25) is 0 Å². The largest absolute Gasteiger partial charge is 0.494 e. The zero-order valence-electron chi connectivity index (χ0n) is 11.2. The fourth-order valence-electron chi connectivity index (χ4n) is 2.04. The molecule has 0 fully saturated rings. The average molecular weight is 296 g/mol. The van der Waals surface area contributed by atoms with Gasteiger partial charge in [0.25, 0.3) is 0 Å². The summed E-state index contributed by atoms with van der Waals surface area (Å²) in [4.78, 5) is 1.28. The van der Waals surface area contributed by atoms with Crippen LogP contribution in [0.2, 0.25) is 4.34 Å². The fourth-order valence-corrected chi connectivity index (χ4v) is 3.17. The van der Waals surface area contributed by atoms with Gasteiger partial charge in [-0.05, 0) is 43.8 Å². The summed E-state index contributed by atoms with van der Waals surface area (Å²) in [5, 5.41) is 3.35. The minimum absolute atomic E-state index is 0.273. The van der Waals surface area contributed by atoms with E-state index in [1.165, 1.54) is 10.4 Å². The van der Waals surface area contributed by atoms with Crippen LogP contribution in [0.5, 0.6) is 5.75 Å². The van der Waals surface area contributed by atoms with Crippen molar-refractivity contribution in [2.24, 2.45) is 0 Å². The molecule has 0 radical (unpaired) electrons. The van der Waals surface area contributed by atoms with Crippen LogP contribution in [-0.2, 0) is 6.42 Å². The van der Waals surface area contributed by atoms with Gasteiger partial charge in [-0.1, -0.05) is 23.7 Å². The molecule has 0 saturated heterocycles. The van der Waals surface area contributed by atoms with Crippen LogP contribution in [0.25, 0.3) is 0 Å². The van der Waals surface area contributed by atoms with E-state index in [0.29, 0.717) is 6.61 Å². The number of rotatable bonds is 6. The molecule has 1 aromatic heterocycles. The molecule has 2 rings (SSSR count). The lowest BCUT2D eigenvalue weighted by Crippen LogP contribution is -2.18. The first-order valence-corrected chi connectivity index (χ1v) is 7.56. The van der Waals surface area contributed by atoms with E-state index in [4.69, 9.17) is 16.3 Å². The average Bonchev–Trinajstić information content (AvgIpc) is 2.82. The normalized spacial score (nSPS) is 12.4. The van der Waals surface area contributed by atoms with Crippen LogP contribution in [-0.4, -0.2) is 13.7 Å². The van der Waals surface area contributed by atoms with Crippen molar-refractivity contribution in [3.63, 3.8) is 0 Å².